The highest BCUT2D eigenvalue weighted by atomic mass is 79.9. The molecule has 26 heavy (non-hydrogen) atoms. The maximum absolute atomic E-state index is 14.3. The molecular formula is C18H21BrFN3O3. The van der Waals surface area contributed by atoms with E-state index in [4.69, 9.17) is 4.74 Å². The Balaban J connectivity index is 1.90. The van der Waals surface area contributed by atoms with Gasteiger partial charge in [-0.2, -0.15) is 0 Å². The lowest BCUT2D eigenvalue weighted by molar-refractivity contribution is 0.0171. The number of hydrogen-bond acceptors (Lipinski definition) is 4. The molecule has 2 heterocycles. The van der Waals surface area contributed by atoms with E-state index in [9.17, 15) is 14.0 Å². The number of nitrogens with zero attached hydrogens (tertiary/aromatic N) is 3. The topological polar surface area (TPSA) is 64.4 Å². The zero-order chi connectivity index (χ0) is 19.1. The first-order valence-electron chi connectivity index (χ1n) is 8.49. The average molecular weight is 426 g/mol. The molecule has 1 aromatic carbocycles. The number of rotatable bonds is 1. The zero-order valence-electron chi connectivity index (χ0n) is 15.0. The highest BCUT2D eigenvalue weighted by Crippen LogP contribution is 2.24. The van der Waals surface area contributed by atoms with E-state index in [0.29, 0.717) is 29.5 Å². The molecule has 2 aromatic rings. The molecule has 1 fully saturated rings. The van der Waals surface area contributed by atoms with Crippen molar-refractivity contribution in [1.29, 1.82) is 0 Å². The number of hydrogen-bond donors (Lipinski definition) is 0. The molecule has 0 spiro atoms. The summed E-state index contributed by atoms with van der Waals surface area (Å²) in [6.45, 7) is 6.34. The third kappa shape index (κ3) is 3.90. The van der Waals surface area contributed by atoms with Gasteiger partial charge in [0.1, 0.15) is 16.8 Å². The molecule has 1 unspecified atom stereocenters. The summed E-state index contributed by atoms with van der Waals surface area (Å²) in [6.07, 6.45) is 2.47. The first-order valence-corrected chi connectivity index (χ1v) is 9.29. The summed E-state index contributed by atoms with van der Waals surface area (Å²) >= 11 is 3.20. The highest BCUT2D eigenvalue weighted by molar-refractivity contribution is 9.10. The molecule has 1 aliphatic rings. The highest BCUT2D eigenvalue weighted by Gasteiger charge is 2.29. The number of carbonyl (C=O) groups excluding carboxylic acids is 1. The van der Waals surface area contributed by atoms with Gasteiger partial charge >= 0.3 is 6.09 Å². The summed E-state index contributed by atoms with van der Waals surface area (Å²) < 4.78 is 21.6. The van der Waals surface area contributed by atoms with E-state index in [2.05, 4.69) is 20.9 Å². The minimum atomic E-state index is -0.610. The van der Waals surface area contributed by atoms with Gasteiger partial charge in [-0.1, -0.05) is 15.9 Å². The van der Waals surface area contributed by atoms with E-state index in [0.717, 1.165) is 6.42 Å². The lowest BCUT2D eigenvalue weighted by atomic mass is 10.1. The number of benzene rings is 1. The largest absolute Gasteiger partial charge is 0.444 e. The van der Waals surface area contributed by atoms with Gasteiger partial charge in [-0.05, 0) is 45.7 Å². The summed E-state index contributed by atoms with van der Waals surface area (Å²) in [5.41, 5.74) is -0.712. The maximum atomic E-state index is 14.3. The fraction of sp³-hybridized carbons (Fsp3) is 0.500. The number of ether oxygens (including phenoxy) is 1. The van der Waals surface area contributed by atoms with Crippen molar-refractivity contribution >= 4 is 32.9 Å². The Kier molecular flexibility index (Phi) is 5.05. The molecule has 1 atom stereocenters. The van der Waals surface area contributed by atoms with Gasteiger partial charge < -0.3 is 9.64 Å². The molecule has 0 aliphatic carbocycles. The van der Waals surface area contributed by atoms with Crippen molar-refractivity contribution in [3.05, 3.63) is 39.1 Å². The summed E-state index contributed by atoms with van der Waals surface area (Å²) in [7, 11) is 0. The van der Waals surface area contributed by atoms with Crippen molar-refractivity contribution < 1.29 is 13.9 Å². The van der Waals surface area contributed by atoms with Gasteiger partial charge in [0.15, 0.2) is 0 Å². The lowest BCUT2D eigenvalue weighted by Gasteiger charge is -2.34. The molecule has 1 amide bonds. The average Bonchev–Trinajstić information content (AvgIpc) is 2.53. The molecule has 1 saturated heterocycles. The first-order chi connectivity index (χ1) is 12.2. The molecule has 1 aromatic heterocycles. The molecular weight excluding hydrogens is 405 g/mol. The number of piperidine rings is 1. The first kappa shape index (κ1) is 18.8. The number of likely N-dealkylation sites (tertiary alicyclic amines) is 1. The van der Waals surface area contributed by atoms with Gasteiger partial charge in [0.05, 0.1) is 17.9 Å². The molecule has 0 radical (unpaired) electrons. The second-order valence-corrected chi connectivity index (χ2v) is 8.38. The van der Waals surface area contributed by atoms with Gasteiger partial charge in [-0.3, -0.25) is 9.36 Å². The van der Waals surface area contributed by atoms with Crippen LogP contribution in [0.3, 0.4) is 0 Å². The molecule has 0 N–H and O–H groups in total. The molecule has 1 aliphatic heterocycles. The van der Waals surface area contributed by atoms with Crippen LogP contribution >= 0.6 is 15.9 Å². The molecule has 3 rings (SSSR count). The maximum Gasteiger partial charge on any atom is 0.410 e. The minimum absolute atomic E-state index is 0.0370. The number of halogens is 2. The summed E-state index contributed by atoms with van der Waals surface area (Å²) in [5, 5.41) is -0.0370. The minimum Gasteiger partial charge on any atom is -0.444 e. The van der Waals surface area contributed by atoms with Crippen LogP contribution in [0.1, 0.15) is 39.7 Å². The Labute approximate surface area is 159 Å². The monoisotopic (exact) mass is 425 g/mol. The molecule has 140 valence electrons. The molecule has 0 saturated carbocycles. The van der Waals surface area contributed by atoms with Crippen molar-refractivity contribution in [1.82, 2.24) is 14.5 Å². The van der Waals surface area contributed by atoms with Gasteiger partial charge in [-0.25, -0.2) is 14.2 Å². The second-order valence-electron chi connectivity index (χ2n) is 7.46. The second kappa shape index (κ2) is 6.98. The van der Waals surface area contributed by atoms with Crippen molar-refractivity contribution in [2.45, 2.75) is 45.3 Å². The van der Waals surface area contributed by atoms with E-state index in [1.807, 2.05) is 20.8 Å². The zero-order valence-corrected chi connectivity index (χ0v) is 16.5. The van der Waals surface area contributed by atoms with Gasteiger partial charge in [-0.15, -0.1) is 0 Å². The van der Waals surface area contributed by atoms with Crippen LogP contribution in [-0.4, -0.2) is 39.2 Å². The summed E-state index contributed by atoms with van der Waals surface area (Å²) in [5.74, 6) is -0.610. The van der Waals surface area contributed by atoms with E-state index in [-0.39, 0.29) is 11.4 Å². The smallest absolute Gasteiger partial charge is 0.410 e. The number of carbonyl (C=O) groups is 1. The van der Waals surface area contributed by atoms with Crippen LogP contribution in [0.4, 0.5) is 9.18 Å². The third-order valence-electron chi connectivity index (χ3n) is 4.25. The van der Waals surface area contributed by atoms with Gasteiger partial charge in [0.2, 0.25) is 0 Å². The van der Waals surface area contributed by atoms with Crippen molar-refractivity contribution in [3.63, 3.8) is 0 Å². The molecule has 0 bridgehead atoms. The Bertz CT molecular complexity index is 907. The Morgan fingerprint density at radius 3 is 2.81 bits per heavy atom. The Hall–Kier alpha value is -1.96. The van der Waals surface area contributed by atoms with Crippen LogP contribution in [-0.2, 0) is 4.74 Å². The third-order valence-corrected chi connectivity index (χ3v) is 4.70. The van der Waals surface area contributed by atoms with Crippen LogP contribution in [0.25, 0.3) is 10.9 Å². The predicted octanol–water partition coefficient (Wildman–Crippen LogP) is 3.87. The molecule has 8 heteroatoms. The number of fused-ring (bicyclic) bond motifs is 1. The number of aromatic nitrogens is 2. The normalized spacial score (nSPS) is 18.2. The Morgan fingerprint density at radius 1 is 1.38 bits per heavy atom. The van der Waals surface area contributed by atoms with E-state index in [1.54, 1.807) is 11.0 Å². The fourth-order valence-electron chi connectivity index (χ4n) is 3.11. The van der Waals surface area contributed by atoms with E-state index < -0.39 is 23.1 Å². The Morgan fingerprint density at radius 2 is 2.12 bits per heavy atom. The van der Waals surface area contributed by atoms with E-state index in [1.165, 1.54) is 17.0 Å². The van der Waals surface area contributed by atoms with Crippen LogP contribution in [0.15, 0.2) is 27.7 Å². The fourth-order valence-corrected chi connectivity index (χ4v) is 3.53. The van der Waals surface area contributed by atoms with Crippen LogP contribution < -0.4 is 5.56 Å². The van der Waals surface area contributed by atoms with Gasteiger partial charge in [0, 0.05) is 17.6 Å². The van der Waals surface area contributed by atoms with Crippen molar-refractivity contribution in [2.24, 2.45) is 0 Å². The van der Waals surface area contributed by atoms with Crippen molar-refractivity contribution in [2.75, 3.05) is 13.1 Å². The number of amides is 1. The van der Waals surface area contributed by atoms with Gasteiger partial charge in [0.25, 0.3) is 5.56 Å². The predicted molar refractivity (Wildman–Crippen MR) is 99.7 cm³/mol. The standard InChI is InChI=1S/C18H21BrFN3O3/c1-18(2,3)26-17(25)22-6-4-5-12(9-22)23-10-21-14-8-11(19)7-13(20)15(14)16(23)24/h7-8,10,12H,4-6,9H2,1-3H3. The summed E-state index contributed by atoms with van der Waals surface area (Å²) in [4.78, 5) is 30.9. The molecule has 6 nitrogen and oxygen atoms in total. The van der Waals surface area contributed by atoms with E-state index >= 15 is 0 Å². The van der Waals surface area contributed by atoms with Crippen LogP contribution in [0, 0.1) is 5.82 Å². The van der Waals surface area contributed by atoms with Crippen LogP contribution in [0.5, 0.6) is 0 Å². The SMILES string of the molecule is CC(C)(C)OC(=O)N1CCCC(n2cnc3cc(Br)cc(F)c3c2=O)C1. The van der Waals surface area contributed by atoms with Crippen LogP contribution in [0.2, 0.25) is 0 Å². The van der Waals surface area contributed by atoms with Crippen molar-refractivity contribution in [3.8, 4) is 0 Å². The summed E-state index contributed by atoms with van der Waals surface area (Å²) in [6, 6.07) is 2.60. The lowest BCUT2D eigenvalue weighted by Crippen LogP contribution is -2.45. The quantitative estimate of drug-likeness (QED) is 0.695.